The van der Waals surface area contributed by atoms with Crippen molar-refractivity contribution in [2.75, 3.05) is 0 Å². The van der Waals surface area contributed by atoms with Gasteiger partial charge in [0.1, 0.15) is 5.78 Å². The van der Waals surface area contributed by atoms with E-state index < -0.39 is 0 Å². The SMILES string of the molecule is O=C1CCC(c2ccccc2)CC1Cc1cscn1. The fourth-order valence-corrected chi connectivity index (χ4v) is 3.50. The predicted molar refractivity (Wildman–Crippen MR) is 77.3 cm³/mol. The first-order valence-electron chi connectivity index (χ1n) is 6.77. The van der Waals surface area contributed by atoms with E-state index in [-0.39, 0.29) is 5.92 Å². The molecule has 0 aliphatic heterocycles. The van der Waals surface area contributed by atoms with Gasteiger partial charge in [-0.1, -0.05) is 30.3 Å². The van der Waals surface area contributed by atoms with E-state index in [4.69, 9.17) is 0 Å². The van der Waals surface area contributed by atoms with Crippen LogP contribution in [0, 0.1) is 5.92 Å². The molecule has 2 nitrogen and oxygen atoms in total. The number of thiazole rings is 1. The van der Waals surface area contributed by atoms with Gasteiger partial charge in [-0.25, -0.2) is 4.98 Å². The van der Waals surface area contributed by atoms with Crippen LogP contribution in [0.5, 0.6) is 0 Å². The molecule has 0 saturated heterocycles. The second-order valence-corrected chi connectivity index (χ2v) is 5.95. The van der Waals surface area contributed by atoms with Gasteiger partial charge in [-0.2, -0.15) is 0 Å². The Balaban J connectivity index is 1.72. The fourth-order valence-electron chi connectivity index (χ4n) is 2.93. The highest BCUT2D eigenvalue weighted by molar-refractivity contribution is 7.07. The molecule has 0 amide bonds. The number of hydrogen-bond donors (Lipinski definition) is 0. The summed E-state index contributed by atoms with van der Waals surface area (Å²) in [5.74, 6) is 1.10. The number of aromatic nitrogens is 1. The zero-order chi connectivity index (χ0) is 13.1. The molecule has 1 aliphatic carbocycles. The third-order valence-corrected chi connectivity index (χ3v) is 4.61. The van der Waals surface area contributed by atoms with E-state index in [9.17, 15) is 4.79 Å². The number of benzene rings is 1. The van der Waals surface area contributed by atoms with Gasteiger partial charge >= 0.3 is 0 Å². The van der Waals surface area contributed by atoms with Crippen molar-refractivity contribution in [3.8, 4) is 0 Å². The molecule has 0 bridgehead atoms. The summed E-state index contributed by atoms with van der Waals surface area (Å²) in [5.41, 5.74) is 4.28. The normalized spacial score (nSPS) is 23.5. The minimum absolute atomic E-state index is 0.154. The van der Waals surface area contributed by atoms with Crippen LogP contribution in [0.25, 0.3) is 0 Å². The van der Waals surface area contributed by atoms with Crippen molar-refractivity contribution < 1.29 is 4.79 Å². The van der Waals surface area contributed by atoms with Crippen LogP contribution in [0.15, 0.2) is 41.2 Å². The van der Waals surface area contributed by atoms with E-state index in [1.165, 1.54) is 5.56 Å². The van der Waals surface area contributed by atoms with Gasteiger partial charge in [0, 0.05) is 24.1 Å². The van der Waals surface area contributed by atoms with Crippen LogP contribution in [-0.4, -0.2) is 10.8 Å². The summed E-state index contributed by atoms with van der Waals surface area (Å²) in [4.78, 5) is 16.4. The Morgan fingerprint density at radius 1 is 1.26 bits per heavy atom. The van der Waals surface area contributed by atoms with Gasteiger partial charge in [-0.3, -0.25) is 4.79 Å². The molecule has 1 aliphatic rings. The molecule has 19 heavy (non-hydrogen) atoms. The van der Waals surface area contributed by atoms with Gasteiger partial charge in [0.2, 0.25) is 0 Å². The van der Waals surface area contributed by atoms with Gasteiger partial charge in [-0.15, -0.1) is 11.3 Å². The highest BCUT2D eigenvalue weighted by Crippen LogP contribution is 2.35. The molecule has 2 atom stereocenters. The van der Waals surface area contributed by atoms with Crippen molar-refractivity contribution >= 4 is 17.1 Å². The van der Waals surface area contributed by atoms with Crippen LogP contribution in [0.3, 0.4) is 0 Å². The van der Waals surface area contributed by atoms with Gasteiger partial charge in [-0.05, 0) is 24.3 Å². The molecular weight excluding hydrogens is 254 g/mol. The molecule has 3 heteroatoms. The minimum atomic E-state index is 0.154. The molecule has 1 aromatic heterocycles. The summed E-state index contributed by atoms with van der Waals surface area (Å²) in [6.07, 6.45) is 3.50. The zero-order valence-corrected chi connectivity index (χ0v) is 11.6. The topological polar surface area (TPSA) is 30.0 Å². The summed E-state index contributed by atoms with van der Waals surface area (Å²) in [5, 5.41) is 2.05. The molecule has 1 aromatic carbocycles. The maximum absolute atomic E-state index is 12.1. The lowest BCUT2D eigenvalue weighted by atomic mass is 9.76. The standard InChI is InChI=1S/C16H17NOS/c18-16-7-6-13(12-4-2-1-3-5-12)8-14(16)9-15-10-19-11-17-15/h1-5,10-11,13-14H,6-9H2. The van der Waals surface area contributed by atoms with Crippen molar-refractivity contribution in [3.63, 3.8) is 0 Å². The van der Waals surface area contributed by atoms with Gasteiger partial charge < -0.3 is 0 Å². The minimum Gasteiger partial charge on any atom is -0.299 e. The largest absolute Gasteiger partial charge is 0.299 e. The molecule has 1 heterocycles. The third-order valence-electron chi connectivity index (χ3n) is 3.97. The van der Waals surface area contributed by atoms with E-state index in [2.05, 4.69) is 34.6 Å². The number of carbonyl (C=O) groups excluding carboxylic acids is 1. The third kappa shape index (κ3) is 2.92. The fraction of sp³-hybridized carbons (Fsp3) is 0.375. The maximum Gasteiger partial charge on any atom is 0.136 e. The first kappa shape index (κ1) is 12.5. The summed E-state index contributed by atoms with van der Waals surface area (Å²) < 4.78 is 0. The first-order valence-corrected chi connectivity index (χ1v) is 7.72. The molecule has 2 aromatic rings. The monoisotopic (exact) mass is 271 g/mol. The quantitative estimate of drug-likeness (QED) is 0.849. The van der Waals surface area contributed by atoms with Crippen LogP contribution in [0.4, 0.5) is 0 Å². The van der Waals surface area contributed by atoms with Crippen molar-refractivity contribution in [2.24, 2.45) is 5.92 Å². The van der Waals surface area contributed by atoms with Crippen LogP contribution in [0.1, 0.15) is 36.4 Å². The lowest BCUT2D eigenvalue weighted by Gasteiger charge is -2.28. The van der Waals surface area contributed by atoms with Crippen molar-refractivity contribution in [1.82, 2.24) is 4.98 Å². The predicted octanol–water partition coefficient (Wildman–Crippen LogP) is 3.84. The van der Waals surface area contributed by atoms with E-state index >= 15 is 0 Å². The van der Waals surface area contributed by atoms with E-state index in [0.29, 0.717) is 18.1 Å². The molecule has 1 fully saturated rings. The summed E-state index contributed by atoms with van der Waals surface area (Å²) in [6, 6.07) is 10.6. The molecule has 0 N–H and O–H groups in total. The van der Waals surface area contributed by atoms with Crippen molar-refractivity contribution in [1.29, 1.82) is 0 Å². The Morgan fingerprint density at radius 2 is 2.11 bits per heavy atom. The second-order valence-electron chi connectivity index (χ2n) is 5.23. The number of nitrogens with zero attached hydrogens (tertiary/aromatic N) is 1. The molecule has 3 rings (SSSR count). The van der Waals surface area contributed by atoms with Crippen LogP contribution < -0.4 is 0 Å². The number of ketones is 1. The van der Waals surface area contributed by atoms with E-state index in [0.717, 1.165) is 25.0 Å². The second kappa shape index (κ2) is 5.66. The number of carbonyl (C=O) groups is 1. The molecule has 0 radical (unpaired) electrons. The number of hydrogen-bond acceptors (Lipinski definition) is 3. The maximum atomic E-state index is 12.1. The number of rotatable bonds is 3. The Bertz CT molecular complexity index is 535. The summed E-state index contributed by atoms with van der Waals surface area (Å²) in [7, 11) is 0. The molecule has 98 valence electrons. The van der Waals surface area contributed by atoms with E-state index in [1.54, 1.807) is 11.3 Å². The molecule has 2 unspecified atom stereocenters. The Morgan fingerprint density at radius 3 is 2.84 bits per heavy atom. The average molecular weight is 271 g/mol. The van der Waals surface area contributed by atoms with Crippen LogP contribution in [0.2, 0.25) is 0 Å². The van der Waals surface area contributed by atoms with Crippen LogP contribution >= 0.6 is 11.3 Å². The van der Waals surface area contributed by atoms with E-state index in [1.807, 2.05) is 11.6 Å². The van der Waals surface area contributed by atoms with Gasteiger partial charge in [0.05, 0.1) is 11.2 Å². The Labute approximate surface area is 117 Å². The highest BCUT2D eigenvalue weighted by Gasteiger charge is 2.29. The van der Waals surface area contributed by atoms with Gasteiger partial charge in [0.25, 0.3) is 0 Å². The van der Waals surface area contributed by atoms with Crippen LogP contribution in [-0.2, 0) is 11.2 Å². The van der Waals surface area contributed by atoms with Crippen molar-refractivity contribution in [2.45, 2.75) is 31.6 Å². The first-order chi connectivity index (χ1) is 9.33. The molecular formula is C16H17NOS. The van der Waals surface area contributed by atoms with Gasteiger partial charge in [0.15, 0.2) is 0 Å². The Kier molecular flexibility index (Phi) is 3.74. The molecule has 1 saturated carbocycles. The lowest BCUT2D eigenvalue weighted by Crippen LogP contribution is -2.25. The summed E-state index contributed by atoms with van der Waals surface area (Å²) in [6.45, 7) is 0. The lowest BCUT2D eigenvalue weighted by molar-refractivity contribution is -0.124. The molecule has 0 spiro atoms. The highest BCUT2D eigenvalue weighted by atomic mass is 32.1. The average Bonchev–Trinajstić information content (AvgIpc) is 2.95. The zero-order valence-electron chi connectivity index (χ0n) is 10.8. The Hall–Kier alpha value is -1.48. The smallest absolute Gasteiger partial charge is 0.136 e. The van der Waals surface area contributed by atoms with Crippen molar-refractivity contribution in [3.05, 3.63) is 52.5 Å². The summed E-state index contributed by atoms with van der Waals surface area (Å²) >= 11 is 1.60. The number of Topliss-reactive ketones (excluding diaryl/α,β-unsaturated/α-hetero) is 1.